The van der Waals surface area contributed by atoms with Crippen LogP contribution in [0.25, 0.3) is 11.1 Å². The molecule has 208 valence electrons. The van der Waals surface area contributed by atoms with E-state index in [-0.39, 0.29) is 23.2 Å². The van der Waals surface area contributed by atoms with Gasteiger partial charge in [0.05, 0.1) is 11.2 Å². The van der Waals surface area contributed by atoms with Crippen molar-refractivity contribution in [3.63, 3.8) is 0 Å². The van der Waals surface area contributed by atoms with Crippen LogP contribution in [0, 0.1) is 0 Å². The summed E-state index contributed by atoms with van der Waals surface area (Å²) in [5.41, 5.74) is 6.30. The summed E-state index contributed by atoms with van der Waals surface area (Å²) < 4.78 is 18.4. The van der Waals surface area contributed by atoms with Crippen molar-refractivity contribution in [1.82, 2.24) is 9.80 Å². The van der Waals surface area contributed by atoms with Crippen molar-refractivity contribution in [2.24, 2.45) is 0 Å². The Labute approximate surface area is 243 Å². The molecule has 2 heterocycles. The molecule has 0 bridgehead atoms. The Kier molecular flexibility index (Phi) is 7.24. The number of piperazine rings is 1. The highest BCUT2D eigenvalue weighted by Gasteiger charge is 2.51. The summed E-state index contributed by atoms with van der Waals surface area (Å²) in [4.78, 5) is 18.1. The van der Waals surface area contributed by atoms with Crippen molar-refractivity contribution < 1.29 is 18.8 Å². The molecule has 0 aromatic heterocycles. The van der Waals surface area contributed by atoms with Gasteiger partial charge >= 0.3 is 13.2 Å². The molecular formula is C32H37BN2O4S. The van der Waals surface area contributed by atoms with Crippen molar-refractivity contribution >= 4 is 31.3 Å². The summed E-state index contributed by atoms with van der Waals surface area (Å²) in [5.74, 6) is 0.0734. The van der Waals surface area contributed by atoms with E-state index >= 15 is 0 Å². The molecule has 0 radical (unpaired) electrons. The zero-order chi connectivity index (χ0) is 28.1. The van der Waals surface area contributed by atoms with Crippen molar-refractivity contribution in [2.75, 3.05) is 32.8 Å². The zero-order valence-corrected chi connectivity index (χ0v) is 24.6. The second kappa shape index (κ2) is 10.6. The molecule has 0 spiro atoms. The summed E-state index contributed by atoms with van der Waals surface area (Å²) in [5, 5.41) is 0. The molecule has 3 aliphatic rings. The molecule has 1 amide bonds. The number of hydrogen-bond donors (Lipinski definition) is 1. The van der Waals surface area contributed by atoms with Crippen molar-refractivity contribution in [3.05, 3.63) is 83.4 Å². The minimum atomic E-state index is -0.415. The van der Waals surface area contributed by atoms with E-state index in [0.29, 0.717) is 19.7 Å². The van der Waals surface area contributed by atoms with Crippen molar-refractivity contribution in [3.8, 4) is 11.1 Å². The highest BCUT2D eigenvalue weighted by molar-refractivity contribution is 7.80. The van der Waals surface area contributed by atoms with E-state index in [9.17, 15) is 4.79 Å². The van der Waals surface area contributed by atoms with E-state index in [1.54, 1.807) is 0 Å². The largest absolute Gasteiger partial charge is 0.494 e. The fourth-order valence-electron chi connectivity index (χ4n) is 5.94. The fraction of sp³-hybridized carbons (Fsp3) is 0.406. The molecule has 40 heavy (non-hydrogen) atoms. The smallest absolute Gasteiger partial charge is 0.448 e. The monoisotopic (exact) mass is 556 g/mol. The lowest BCUT2D eigenvalue weighted by molar-refractivity contribution is 0.00578. The highest BCUT2D eigenvalue weighted by Crippen LogP contribution is 2.44. The SMILES string of the molecule is CC1(C)OB(c2cc(S)cc(CN3CCN(C(=O)OCC4c5ccccc5-c5ccccc54)CC3)c2)OC1(C)C. The molecule has 0 atom stereocenters. The third-order valence-electron chi connectivity index (χ3n) is 8.90. The van der Waals surface area contributed by atoms with Gasteiger partial charge in [-0.25, -0.2) is 4.79 Å². The first-order valence-electron chi connectivity index (χ1n) is 14.1. The first-order valence-corrected chi connectivity index (χ1v) is 14.6. The Balaban J connectivity index is 1.04. The van der Waals surface area contributed by atoms with Gasteiger partial charge < -0.3 is 18.9 Å². The third kappa shape index (κ3) is 5.18. The van der Waals surface area contributed by atoms with Crippen LogP contribution in [0.3, 0.4) is 0 Å². The highest BCUT2D eigenvalue weighted by atomic mass is 32.1. The number of ether oxygens (including phenoxy) is 1. The zero-order valence-electron chi connectivity index (χ0n) is 23.7. The van der Waals surface area contributed by atoms with Crippen LogP contribution in [0.2, 0.25) is 0 Å². The van der Waals surface area contributed by atoms with E-state index in [2.05, 4.69) is 106 Å². The first kappa shape index (κ1) is 27.4. The molecule has 2 saturated heterocycles. The van der Waals surface area contributed by atoms with Gasteiger partial charge in [0, 0.05) is 43.5 Å². The minimum Gasteiger partial charge on any atom is -0.448 e. The molecule has 0 unspecified atom stereocenters. The molecule has 2 fully saturated rings. The molecular weight excluding hydrogens is 519 g/mol. The van der Waals surface area contributed by atoms with Crippen LogP contribution in [0.15, 0.2) is 71.6 Å². The summed E-state index contributed by atoms with van der Waals surface area (Å²) in [6, 6.07) is 23.1. The lowest BCUT2D eigenvalue weighted by atomic mass is 9.78. The van der Waals surface area contributed by atoms with Gasteiger partial charge in [0.2, 0.25) is 0 Å². The molecule has 0 N–H and O–H groups in total. The minimum absolute atomic E-state index is 0.0734. The lowest BCUT2D eigenvalue weighted by Gasteiger charge is -2.34. The molecule has 3 aromatic rings. The number of thiol groups is 1. The Bertz CT molecular complexity index is 1360. The van der Waals surface area contributed by atoms with Gasteiger partial charge in [0.25, 0.3) is 0 Å². The topological polar surface area (TPSA) is 51.2 Å². The van der Waals surface area contributed by atoms with Crippen LogP contribution in [-0.4, -0.2) is 67.0 Å². The average Bonchev–Trinajstić information content (AvgIpc) is 3.36. The molecule has 6 rings (SSSR count). The third-order valence-corrected chi connectivity index (χ3v) is 9.16. The fourth-order valence-corrected chi connectivity index (χ4v) is 6.25. The number of nitrogens with zero attached hydrogens (tertiary/aromatic N) is 2. The number of hydrogen-bond acceptors (Lipinski definition) is 6. The molecule has 3 aromatic carbocycles. The number of rotatable bonds is 5. The number of amides is 1. The number of fused-ring (bicyclic) bond motifs is 3. The van der Waals surface area contributed by atoms with Crippen LogP contribution >= 0.6 is 12.6 Å². The van der Waals surface area contributed by atoms with E-state index in [0.717, 1.165) is 35.6 Å². The summed E-state index contributed by atoms with van der Waals surface area (Å²) >= 11 is 4.66. The van der Waals surface area contributed by atoms with E-state index in [1.165, 1.54) is 22.3 Å². The maximum absolute atomic E-state index is 13.0. The lowest BCUT2D eigenvalue weighted by Crippen LogP contribution is -2.48. The predicted octanol–water partition coefficient (Wildman–Crippen LogP) is 5.34. The summed E-state index contributed by atoms with van der Waals surface area (Å²) in [7, 11) is -0.415. The van der Waals surface area contributed by atoms with Gasteiger partial charge in [0.1, 0.15) is 6.61 Å². The maximum Gasteiger partial charge on any atom is 0.494 e. The Morgan fingerprint density at radius 3 is 2.08 bits per heavy atom. The van der Waals surface area contributed by atoms with Gasteiger partial charge in [-0.05, 0) is 73.1 Å². The van der Waals surface area contributed by atoms with Gasteiger partial charge in [0.15, 0.2) is 0 Å². The normalized spacial score (nSPS) is 19.9. The second-order valence-electron chi connectivity index (χ2n) is 12.1. The maximum atomic E-state index is 13.0. The predicted molar refractivity (Wildman–Crippen MR) is 161 cm³/mol. The Hall–Kier alpha value is -2.78. The van der Waals surface area contributed by atoms with Crippen LogP contribution in [-0.2, 0) is 20.6 Å². The molecule has 6 nitrogen and oxygen atoms in total. The quantitative estimate of drug-likeness (QED) is 0.340. The second-order valence-corrected chi connectivity index (χ2v) is 12.6. The summed E-state index contributed by atoms with van der Waals surface area (Å²) in [6.45, 7) is 12.2. The molecule has 1 aliphatic carbocycles. The van der Waals surface area contributed by atoms with Gasteiger partial charge in [-0.3, -0.25) is 4.90 Å². The van der Waals surface area contributed by atoms with Crippen LogP contribution in [0.1, 0.15) is 50.3 Å². The van der Waals surface area contributed by atoms with E-state index in [1.807, 2.05) is 11.0 Å². The standard InChI is InChI=1S/C32H37BN2O4S/c1-31(2)32(3,4)39-33(38-31)23-17-22(18-24(40)19-23)20-34-13-15-35(16-14-34)30(36)37-21-29-27-11-7-5-9-25(27)26-10-6-8-12-28(26)29/h5-12,17-19,29,40H,13-16,20-21H2,1-4H3. The average molecular weight is 557 g/mol. The molecule has 2 aliphatic heterocycles. The Morgan fingerprint density at radius 1 is 0.900 bits per heavy atom. The number of carbonyl (C=O) groups is 1. The van der Waals surface area contributed by atoms with Gasteiger partial charge in [-0.1, -0.05) is 54.6 Å². The van der Waals surface area contributed by atoms with Gasteiger partial charge in [-0.15, -0.1) is 12.6 Å². The van der Waals surface area contributed by atoms with Gasteiger partial charge in [-0.2, -0.15) is 0 Å². The van der Waals surface area contributed by atoms with E-state index < -0.39 is 7.12 Å². The Morgan fingerprint density at radius 2 is 1.48 bits per heavy atom. The van der Waals surface area contributed by atoms with Crippen molar-refractivity contribution in [2.45, 2.75) is 56.3 Å². The van der Waals surface area contributed by atoms with Crippen LogP contribution < -0.4 is 5.46 Å². The summed E-state index contributed by atoms with van der Waals surface area (Å²) in [6.07, 6.45) is -0.234. The van der Waals surface area contributed by atoms with Crippen LogP contribution in [0.4, 0.5) is 4.79 Å². The molecule has 8 heteroatoms. The van der Waals surface area contributed by atoms with Crippen LogP contribution in [0.5, 0.6) is 0 Å². The molecule has 0 saturated carbocycles. The number of benzene rings is 3. The first-order chi connectivity index (χ1) is 19.1. The number of carbonyl (C=O) groups excluding carboxylic acids is 1. The van der Waals surface area contributed by atoms with E-state index in [4.69, 9.17) is 14.0 Å². The van der Waals surface area contributed by atoms with Crippen molar-refractivity contribution in [1.29, 1.82) is 0 Å².